The summed E-state index contributed by atoms with van der Waals surface area (Å²) in [4.78, 5) is 10.8. The highest BCUT2D eigenvalue weighted by Gasteiger charge is 2.36. The van der Waals surface area contributed by atoms with Crippen LogP contribution in [0.3, 0.4) is 0 Å². The van der Waals surface area contributed by atoms with E-state index in [2.05, 4.69) is 10.6 Å². The van der Waals surface area contributed by atoms with Crippen LogP contribution in [-0.2, 0) is 0 Å². The lowest BCUT2D eigenvalue weighted by atomic mass is 9.95. The average Bonchev–Trinajstić information content (AvgIpc) is 2.22. The number of nitrogens with zero attached hydrogens (tertiary/aromatic N) is 1. The van der Waals surface area contributed by atoms with E-state index in [1.807, 2.05) is 20.9 Å². The average molecular weight is 217 g/mol. The number of hydrogen-bond donors (Lipinski definition) is 2. The van der Waals surface area contributed by atoms with Crippen LogP contribution >= 0.6 is 0 Å². The maximum atomic E-state index is 11.0. The van der Waals surface area contributed by atoms with Crippen molar-refractivity contribution in [2.24, 2.45) is 0 Å². The maximum Gasteiger partial charge on any atom is 0.231 e. The van der Waals surface area contributed by atoms with E-state index in [1.54, 1.807) is 6.92 Å². The summed E-state index contributed by atoms with van der Waals surface area (Å²) in [7, 11) is 1.83. The van der Waals surface area contributed by atoms with Gasteiger partial charge in [-0.05, 0) is 20.4 Å². The minimum atomic E-state index is -0.846. The topological polar surface area (TPSA) is 67.2 Å². The third-order valence-electron chi connectivity index (χ3n) is 2.73. The molecule has 0 aliphatic carbocycles. The third-order valence-corrected chi connectivity index (χ3v) is 2.73. The van der Waals surface area contributed by atoms with E-state index >= 15 is 0 Å². The first-order valence-electron chi connectivity index (χ1n) is 5.51. The fourth-order valence-electron chi connectivity index (χ4n) is 1.28. The second-order valence-electron chi connectivity index (χ2n) is 4.25. The SMILES string of the molecule is CCCCC(C)(CNC(C)NC)[N+](=O)[O-]. The van der Waals surface area contributed by atoms with Gasteiger partial charge < -0.3 is 5.32 Å². The first-order chi connectivity index (χ1) is 6.96. The van der Waals surface area contributed by atoms with Crippen LogP contribution in [0.4, 0.5) is 0 Å². The Morgan fingerprint density at radius 3 is 2.53 bits per heavy atom. The number of nitrogens with one attached hydrogen (secondary N) is 2. The molecule has 0 aliphatic heterocycles. The zero-order chi connectivity index (χ0) is 11.9. The van der Waals surface area contributed by atoms with E-state index in [4.69, 9.17) is 0 Å². The summed E-state index contributed by atoms with van der Waals surface area (Å²) in [5.41, 5.74) is -0.846. The van der Waals surface area contributed by atoms with Crippen molar-refractivity contribution in [3.05, 3.63) is 10.1 Å². The molecule has 0 bridgehead atoms. The van der Waals surface area contributed by atoms with Crippen LogP contribution in [0.25, 0.3) is 0 Å². The Morgan fingerprint density at radius 2 is 2.13 bits per heavy atom. The van der Waals surface area contributed by atoms with Gasteiger partial charge in [0.25, 0.3) is 0 Å². The summed E-state index contributed by atoms with van der Waals surface area (Å²) in [6, 6.07) is 0. The highest BCUT2D eigenvalue weighted by molar-refractivity contribution is 4.77. The van der Waals surface area contributed by atoms with Gasteiger partial charge in [-0.2, -0.15) is 0 Å². The summed E-state index contributed by atoms with van der Waals surface area (Å²) in [5, 5.41) is 17.1. The molecule has 0 aromatic carbocycles. The summed E-state index contributed by atoms with van der Waals surface area (Å²) in [5.74, 6) is 0. The highest BCUT2D eigenvalue weighted by atomic mass is 16.6. The Hall–Kier alpha value is -0.680. The Morgan fingerprint density at radius 1 is 1.53 bits per heavy atom. The van der Waals surface area contributed by atoms with Crippen molar-refractivity contribution < 1.29 is 4.92 Å². The molecule has 0 aromatic heterocycles. The van der Waals surface area contributed by atoms with Crippen LogP contribution in [-0.4, -0.2) is 30.2 Å². The predicted octanol–water partition coefficient (Wildman–Crippen LogP) is 1.37. The molecule has 0 aromatic rings. The standard InChI is InChI=1S/C10H23N3O2/c1-5-6-7-10(3,13(14)15)8-12-9(2)11-4/h9,11-12H,5-8H2,1-4H3. The van der Waals surface area contributed by atoms with Gasteiger partial charge in [-0.15, -0.1) is 0 Å². The molecular weight excluding hydrogens is 194 g/mol. The zero-order valence-corrected chi connectivity index (χ0v) is 10.2. The molecule has 0 aliphatic rings. The van der Waals surface area contributed by atoms with E-state index < -0.39 is 5.54 Å². The van der Waals surface area contributed by atoms with Crippen LogP contribution in [0.2, 0.25) is 0 Å². The Labute approximate surface area is 91.8 Å². The van der Waals surface area contributed by atoms with Crippen molar-refractivity contribution in [1.82, 2.24) is 10.6 Å². The molecule has 0 radical (unpaired) electrons. The fourth-order valence-corrected chi connectivity index (χ4v) is 1.28. The van der Waals surface area contributed by atoms with Gasteiger partial charge in [-0.1, -0.05) is 13.3 Å². The quantitative estimate of drug-likeness (QED) is 0.366. The molecule has 0 saturated carbocycles. The largest absolute Gasteiger partial charge is 0.305 e. The van der Waals surface area contributed by atoms with Gasteiger partial charge in [0.1, 0.15) is 0 Å². The van der Waals surface area contributed by atoms with Crippen molar-refractivity contribution in [3.8, 4) is 0 Å². The number of unbranched alkanes of at least 4 members (excludes halogenated alkanes) is 1. The third kappa shape index (κ3) is 5.09. The van der Waals surface area contributed by atoms with Gasteiger partial charge in [0.15, 0.2) is 0 Å². The Balaban J connectivity index is 4.19. The van der Waals surface area contributed by atoms with Crippen molar-refractivity contribution in [2.75, 3.05) is 13.6 Å². The van der Waals surface area contributed by atoms with Crippen molar-refractivity contribution in [3.63, 3.8) is 0 Å². The van der Waals surface area contributed by atoms with Crippen molar-refractivity contribution in [2.45, 2.75) is 51.7 Å². The first kappa shape index (κ1) is 14.3. The fraction of sp³-hybridized carbons (Fsp3) is 1.00. The summed E-state index contributed by atoms with van der Waals surface area (Å²) in [6.45, 7) is 6.10. The minimum Gasteiger partial charge on any atom is -0.305 e. The molecule has 0 heterocycles. The van der Waals surface area contributed by atoms with Gasteiger partial charge >= 0.3 is 0 Å². The first-order valence-corrected chi connectivity index (χ1v) is 5.51. The summed E-state index contributed by atoms with van der Waals surface area (Å²) in [6.07, 6.45) is 2.61. The van der Waals surface area contributed by atoms with Crippen molar-refractivity contribution in [1.29, 1.82) is 0 Å². The van der Waals surface area contributed by atoms with E-state index in [1.165, 1.54) is 0 Å². The molecular formula is C10H23N3O2. The molecule has 2 unspecified atom stereocenters. The monoisotopic (exact) mass is 217 g/mol. The van der Waals surface area contributed by atoms with Crippen LogP contribution in [0, 0.1) is 10.1 Å². The predicted molar refractivity (Wildman–Crippen MR) is 61.4 cm³/mol. The molecule has 90 valence electrons. The molecule has 0 saturated heterocycles. The van der Waals surface area contributed by atoms with Gasteiger partial charge in [-0.25, -0.2) is 0 Å². The number of hydrogen-bond acceptors (Lipinski definition) is 4. The van der Waals surface area contributed by atoms with E-state index in [9.17, 15) is 10.1 Å². The van der Waals surface area contributed by atoms with Crippen LogP contribution < -0.4 is 10.6 Å². The normalized spacial score (nSPS) is 17.1. The molecule has 0 amide bonds. The second-order valence-corrected chi connectivity index (χ2v) is 4.25. The molecule has 5 heteroatoms. The lowest BCUT2D eigenvalue weighted by molar-refractivity contribution is -0.564. The lowest BCUT2D eigenvalue weighted by Gasteiger charge is -2.23. The number of nitro groups is 1. The van der Waals surface area contributed by atoms with Gasteiger partial charge in [0.2, 0.25) is 5.54 Å². The minimum absolute atomic E-state index is 0.103. The molecule has 2 N–H and O–H groups in total. The Bertz CT molecular complexity index is 199. The Kier molecular flexibility index (Phi) is 6.43. The van der Waals surface area contributed by atoms with Gasteiger partial charge in [-0.3, -0.25) is 15.4 Å². The van der Waals surface area contributed by atoms with E-state index in [-0.39, 0.29) is 11.1 Å². The van der Waals surface area contributed by atoms with E-state index in [0.717, 1.165) is 12.8 Å². The zero-order valence-electron chi connectivity index (χ0n) is 10.2. The lowest BCUT2D eigenvalue weighted by Crippen LogP contribution is -2.50. The second kappa shape index (κ2) is 6.74. The van der Waals surface area contributed by atoms with Crippen LogP contribution in [0.1, 0.15) is 40.0 Å². The molecule has 0 rings (SSSR count). The van der Waals surface area contributed by atoms with E-state index in [0.29, 0.717) is 13.0 Å². The number of rotatable bonds is 8. The molecule has 5 nitrogen and oxygen atoms in total. The van der Waals surface area contributed by atoms with Crippen LogP contribution in [0.5, 0.6) is 0 Å². The van der Waals surface area contributed by atoms with Gasteiger partial charge in [0.05, 0.1) is 12.7 Å². The molecule has 2 atom stereocenters. The van der Waals surface area contributed by atoms with Crippen molar-refractivity contribution >= 4 is 0 Å². The highest BCUT2D eigenvalue weighted by Crippen LogP contribution is 2.16. The molecule has 0 fully saturated rings. The molecule has 15 heavy (non-hydrogen) atoms. The smallest absolute Gasteiger partial charge is 0.231 e. The summed E-state index contributed by atoms with van der Waals surface area (Å²) < 4.78 is 0. The van der Waals surface area contributed by atoms with Gasteiger partial charge in [0, 0.05) is 18.3 Å². The van der Waals surface area contributed by atoms with Crippen LogP contribution in [0.15, 0.2) is 0 Å². The maximum absolute atomic E-state index is 11.0. The molecule has 0 spiro atoms. The summed E-state index contributed by atoms with van der Waals surface area (Å²) >= 11 is 0.